The number of hydrogen-bond donors (Lipinski definition) is 1. The third-order valence-electron chi connectivity index (χ3n) is 7.68. The lowest BCUT2D eigenvalue weighted by atomic mass is 9.94. The fourth-order valence-corrected chi connectivity index (χ4v) is 7.27. The van der Waals surface area contributed by atoms with E-state index in [1.54, 1.807) is 30.3 Å². The number of ether oxygens (including phenoxy) is 3. The molecule has 2 aliphatic heterocycles. The van der Waals surface area contributed by atoms with E-state index in [9.17, 15) is 14.7 Å². The Balaban J connectivity index is 1.41. The Hall–Kier alpha value is -4.35. The van der Waals surface area contributed by atoms with Crippen molar-refractivity contribution in [2.24, 2.45) is 0 Å². The summed E-state index contributed by atoms with van der Waals surface area (Å²) < 4.78 is 18.1. The summed E-state index contributed by atoms with van der Waals surface area (Å²) in [6.45, 7) is 4.59. The summed E-state index contributed by atoms with van der Waals surface area (Å²) in [7, 11) is 1.54. The number of Topliss-reactive ketones (excluding diaryl/α,β-unsaturated/α-hetero) is 1. The lowest BCUT2D eigenvalue weighted by Crippen LogP contribution is -2.29. The Morgan fingerprint density at radius 2 is 1.91 bits per heavy atom. The molecule has 6 rings (SSSR count). The zero-order valence-electron chi connectivity index (χ0n) is 25.2. The first-order valence-electron chi connectivity index (χ1n) is 14.8. The molecular weight excluding hydrogens is 611 g/mol. The van der Waals surface area contributed by atoms with Crippen LogP contribution in [0.1, 0.15) is 55.0 Å². The molecule has 3 aromatic carbocycles. The van der Waals surface area contributed by atoms with Crippen LogP contribution in [0.3, 0.4) is 0 Å². The van der Waals surface area contributed by atoms with E-state index in [0.717, 1.165) is 29.7 Å². The number of unbranched alkanes of at least 4 members (excludes halogenated alkanes) is 1. The van der Waals surface area contributed by atoms with Crippen molar-refractivity contribution in [3.8, 4) is 17.2 Å². The van der Waals surface area contributed by atoms with Gasteiger partial charge in [0.2, 0.25) is 5.13 Å². The lowest BCUT2D eigenvalue weighted by molar-refractivity contribution is -0.132. The Morgan fingerprint density at radius 3 is 2.69 bits per heavy atom. The molecular formula is C34H33N3O6S2. The van der Waals surface area contributed by atoms with Gasteiger partial charge in [-0.3, -0.25) is 14.5 Å². The van der Waals surface area contributed by atoms with Gasteiger partial charge < -0.3 is 19.3 Å². The van der Waals surface area contributed by atoms with Crippen molar-refractivity contribution in [1.29, 1.82) is 0 Å². The van der Waals surface area contributed by atoms with Crippen LogP contribution in [0.2, 0.25) is 0 Å². The van der Waals surface area contributed by atoms with Gasteiger partial charge in [-0.15, -0.1) is 10.2 Å². The molecule has 1 fully saturated rings. The summed E-state index contributed by atoms with van der Waals surface area (Å²) in [5, 5.41) is 20.6. The van der Waals surface area contributed by atoms with E-state index in [1.165, 1.54) is 35.1 Å². The second-order valence-corrected chi connectivity index (χ2v) is 13.0. The van der Waals surface area contributed by atoms with Crippen LogP contribution in [0, 0.1) is 0 Å². The third kappa shape index (κ3) is 6.27. The highest BCUT2D eigenvalue weighted by Crippen LogP contribution is 2.46. The second kappa shape index (κ2) is 13.3. The SMILES string of the molecule is CCCCOc1ccc(C2/C(=C(\O)c3ccc4c(c3)CC(C)O4)C(=O)C(=O)N2c2nnc(SCc3ccccc3)s2)cc1OC. The maximum Gasteiger partial charge on any atom is 0.301 e. The van der Waals surface area contributed by atoms with Crippen LogP contribution in [0.15, 0.2) is 76.6 Å². The molecule has 3 heterocycles. The zero-order chi connectivity index (χ0) is 31.5. The number of aromatic nitrogens is 2. The Morgan fingerprint density at radius 1 is 1.09 bits per heavy atom. The largest absolute Gasteiger partial charge is 0.507 e. The maximum absolute atomic E-state index is 13.7. The molecule has 0 aliphatic carbocycles. The van der Waals surface area contributed by atoms with E-state index < -0.39 is 17.7 Å². The molecule has 2 atom stereocenters. The summed E-state index contributed by atoms with van der Waals surface area (Å²) in [5.41, 5.74) is 3.00. The Bertz CT molecular complexity index is 1760. The van der Waals surface area contributed by atoms with Crippen LogP contribution >= 0.6 is 23.1 Å². The normalized spacial score (nSPS) is 18.6. The molecule has 0 radical (unpaired) electrons. The van der Waals surface area contributed by atoms with E-state index in [1.807, 2.05) is 43.3 Å². The quantitative estimate of drug-likeness (QED) is 0.0463. The third-order valence-corrected chi connectivity index (χ3v) is 9.81. The lowest BCUT2D eigenvalue weighted by Gasteiger charge is -2.23. The summed E-state index contributed by atoms with van der Waals surface area (Å²) >= 11 is 2.72. The Labute approximate surface area is 269 Å². The van der Waals surface area contributed by atoms with Gasteiger partial charge in [0, 0.05) is 17.7 Å². The minimum Gasteiger partial charge on any atom is -0.507 e. The molecule has 1 saturated heterocycles. The molecule has 232 valence electrons. The minimum atomic E-state index is -0.980. The maximum atomic E-state index is 13.7. The van der Waals surface area contributed by atoms with Crippen LogP contribution in [-0.2, 0) is 21.8 Å². The predicted molar refractivity (Wildman–Crippen MR) is 174 cm³/mol. The predicted octanol–water partition coefficient (Wildman–Crippen LogP) is 6.97. The number of thioether (sulfide) groups is 1. The first kappa shape index (κ1) is 30.7. The second-order valence-electron chi connectivity index (χ2n) is 10.9. The van der Waals surface area contributed by atoms with Gasteiger partial charge in [0.05, 0.1) is 25.3 Å². The van der Waals surface area contributed by atoms with Gasteiger partial charge in [0.1, 0.15) is 17.6 Å². The van der Waals surface area contributed by atoms with Crippen molar-refractivity contribution in [1.82, 2.24) is 10.2 Å². The number of methoxy groups -OCH3 is 1. The van der Waals surface area contributed by atoms with Crippen molar-refractivity contribution in [3.63, 3.8) is 0 Å². The smallest absolute Gasteiger partial charge is 0.301 e. The molecule has 0 bridgehead atoms. The van der Waals surface area contributed by atoms with Crippen LogP contribution in [0.25, 0.3) is 5.76 Å². The average molecular weight is 644 g/mol. The van der Waals surface area contributed by atoms with Crippen molar-refractivity contribution in [2.75, 3.05) is 18.6 Å². The molecule has 11 heteroatoms. The van der Waals surface area contributed by atoms with E-state index in [4.69, 9.17) is 14.2 Å². The standard InChI is InChI=1S/C34H33N3O6S2/c1-4-5-15-42-26-14-11-22(18-27(26)41-3)29-28(30(38)23-12-13-25-24(17-23)16-20(2)43-25)31(39)32(40)37(29)33-35-36-34(45-33)44-19-21-9-7-6-8-10-21/h6-14,17-18,20,29,38H,4-5,15-16,19H2,1-3H3/b30-28+. The first-order chi connectivity index (χ1) is 21.9. The van der Waals surface area contributed by atoms with Crippen molar-refractivity contribution < 1.29 is 28.9 Å². The number of amides is 1. The Kier molecular flexibility index (Phi) is 9.09. The van der Waals surface area contributed by atoms with E-state index in [0.29, 0.717) is 45.7 Å². The minimum absolute atomic E-state index is 0.0138. The van der Waals surface area contributed by atoms with Gasteiger partial charge >= 0.3 is 5.91 Å². The number of nitrogens with zero attached hydrogens (tertiary/aromatic N) is 3. The molecule has 2 unspecified atom stereocenters. The number of benzene rings is 3. The van der Waals surface area contributed by atoms with Gasteiger partial charge in [0.25, 0.3) is 5.78 Å². The molecule has 1 aromatic heterocycles. The summed E-state index contributed by atoms with van der Waals surface area (Å²) in [4.78, 5) is 28.8. The summed E-state index contributed by atoms with van der Waals surface area (Å²) in [6.07, 6.45) is 2.56. The van der Waals surface area contributed by atoms with Gasteiger partial charge in [-0.1, -0.05) is 72.8 Å². The summed E-state index contributed by atoms with van der Waals surface area (Å²) in [5.74, 6) is 0.553. The van der Waals surface area contributed by atoms with Gasteiger partial charge in [-0.25, -0.2) is 0 Å². The summed E-state index contributed by atoms with van der Waals surface area (Å²) in [6, 6.07) is 19.6. The molecule has 1 N–H and O–H groups in total. The van der Waals surface area contributed by atoms with Crippen molar-refractivity contribution in [2.45, 2.75) is 55.3 Å². The fourth-order valence-electron chi connectivity index (χ4n) is 5.45. The number of aliphatic hydroxyl groups is 1. The molecule has 2 aliphatic rings. The molecule has 0 saturated carbocycles. The monoisotopic (exact) mass is 643 g/mol. The zero-order valence-corrected chi connectivity index (χ0v) is 26.8. The number of rotatable bonds is 11. The van der Waals surface area contributed by atoms with Gasteiger partial charge in [0.15, 0.2) is 15.8 Å². The molecule has 1 amide bonds. The van der Waals surface area contributed by atoms with E-state index in [-0.39, 0.29) is 22.6 Å². The van der Waals surface area contributed by atoms with Gasteiger partial charge in [-0.05, 0) is 60.4 Å². The van der Waals surface area contributed by atoms with Crippen LogP contribution < -0.4 is 19.1 Å². The van der Waals surface area contributed by atoms with E-state index >= 15 is 0 Å². The van der Waals surface area contributed by atoms with Gasteiger partial charge in [-0.2, -0.15) is 0 Å². The van der Waals surface area contributed by atoms with Crippen LogP contribution in [0.4, 0.5) is 5.13 Å². The highest BCUT2D eigenvalue weighted by Gasteiger charge is 2.48. The number of carbonyl (C=O) groups is 2. The fraction of sp³-hybridized carbons (Fsp3) is 0.294. The number of carbonyl (C=O) groups excluding carboxylic acids is 2. The number of hydrogen-bond acceptors (Lipinski definition) is 10. The highest BCUT2D eigenvalue weighted by atomic mass is 32.2. The van der Waals surface area contributed by atoms with Crippen LogP contribution in [-0.4, -0.2) is 46.8 Å². The number of anilines is 1. The van der Waals surface area contributed by atoms with Crippen LogP contribution in [0.5, 0.6) is 17.2 Å². The van der Waals surface area contributed by atoms with Crippen molar-refractivity contribution >= 4 is 45.7 Å². The number of ketones is 1. The first-order valence-corrected chi connectivity index (χ1v) is 16.6. The average Bonchev–Trinajstić information content (AvgIpc) is 3.75. The molecule has 45 heavy (non-hydrogen) atoms. The number of fused-ring (bicyclic) bond motifs is 1. The molecule has 9 nitrogen and oxygen atoms in total. The van der Waals surface area contributed by atoms with E-state index in [2.05, 4.69) is 17.1 Å². The van der Waals surface area contributed by atoms with Crippen molar-refractivity contribution in [3.05, 3.63) is 94.6 Å². The number of aliphatic hydroxyl groups excluding tert-OH is 1. The molecule has 0 spiro atoms. The topological polar surface area (TPSA) is 111 Å². The molecule has 4 aromatic rings. The highest BCUT2D eigenvalue weighted by molar-refractivity contribution is 8.00.